The lowest BCUT2D eigenvalue weighted by Crippen LogP contribution is -2.28. The summed E-state index contributed by atoms with van der Waals surface area (Å²) in [5, 5.41) is 14.7. The summed E-state index contributed by atoms with van der Waals surface area (Å²) in [6, 6.07) is 0. The molecule has 78 valence electrons. The van der Waals surface area contributed by atoms with E-state index in [1.165, 1.54) is 0 Å². The minimum atomic E-state index is -0.267. The van der Waals surface area contributed by atoms with Gasteiger partial charge in [0.05, 0.1) is 6.10 Å². The number of rotatable bonds is 7. The Morgan fingerprint density at radius 1 is 1.46 bits per heavy atom. The van der Waals surface area contributed by atoms with E-state index in [0.29, 0.717) is 19.5 Å². The maximum atomic E-state index is 10.9. The maximum Gasteiger partial charge on any atom is 0.221 e. The van der Waals surface area contributed by atoms with Crippen molar-refractivity contribution in [1.82, 2.24) is 10.6 Å². The molecule has 0 saturated heterocycles. The molecule has 0 saturated carbocycles. The van der Waals surface area contributed by atoms with Crippen LogP contribution in [-0.2, 0) is 4.79 Å². The van der Waals surface area contributed by atoms with Gasteiger partial charge in [-0.15, -0.1) is 0 Å². The molecule has 1 atom stereocenters. The van der Waals surface area contributed by atoms with Crippen LogP contribution in [0.1, 0.15) is 26.7 Å². The summed E-state index contributed by atoms with van der Waals surface area (Å²) in [7, 11) is 0. The predicted octanol–water partition coefficient (Wildman–Crippen LogP) is -0.127. The van der Waals surface area contributed by atoms with E-state index in [9.17, 15) is 4.79 Å². The van der Waals surface area contributed by atoms with Gasteiger partial charge < -0.3 is 15.7 Å². The molecule has 0 aromatic carbocycles. The lowest BCUT2D eigenvalue weighted by atomic mass is 10.3. The molecule has 0 fully saturated rings. The summed E-state index contributed by atoms with van der Waals surface area (Å²) in [6.45, 7) is 5.78. The van der Waals surface area contributed by atoms with Gasteiger partial charge in [-0.2, -0.15) is 0 Å². The van der Waals surface area contributed by atoms with E-state index in [1.54, 1.807) is 6.92 Å². The third-order valence-corrected chi connectivity index (χ3v) is 1.64. The van der Waals surface area contributed by atoms with Gasteiger partial charge in [0.2, 0.25) is 5.91 Å². The average Bonchev–Trinajstić information content (AvgIpc) is 2.03. The van der Waals surface area contributed by atoms with Gasteiger partial charge in [-0.1, -0.05) is 0 Å². The van der Waals surface area contributed by atoms with E-state index in [0.717, 1.165) is 13.0 Å². The van der Waals surface area contributed by atoms with Crippen molar-refractivity contribution in [2.45, 2.75) is 32.8 Å². The Hall–Kier alpha value is -0.610. The summed E-state index contributed by atoms with van der Waals surface area (Å²) in [4.78, 5) is 10.9. The van der Waals surface area contributed by atoms with E-state index >= 15 is 0 Å². The Bertz CT molecular complexity index is 138. The molecule has 4 nitrogen and oxygen atoms in total. The number of hydrogen-bond acceptors (Lipinski definition) is 3. The summed E-state index contributed by atoms with van der Waals surface area (Å²) < 4.78 is 0. The first-order chi connectivity index (χ1) is 6.16. The summed E-state index contributed by atoms with van der Waals surface area (Å²) in [6.07, 6.45) is 0.972. The normalized spacial score (nSPS) is 12.5. The topological polar surface area (TPSA) is 61.4 Å². The zero-order chi connectivity index (χ0) is 10.1. The van der Waals surface area contributed by atoms with Crippen LogP contribution in [0.25, 0.3) is 0 Å². The smallest absolute Gasteiger partial charge is 0.221 e. The molecule has 0 rings (SSSR count). The number of hydrogen-bond donors (Lipinski definition) is 3. The second-order valence-corrected chi connectivity index (χ2v) is 3.09. The fourth-order valence-corrected chi connectivity index (χ4v) is 0.923. The highest BCUT2D eigenvalue weighted by molar-refractivity contribution is 5.75. The van der Waals surface area contributed by atoms with E-state index in [2.05, 4.69) is 10.6 Å². The summed E-state index contributed by atoms with van der Waals surface area (Å²) >= 11 is 0. The van der Waals surface area contributed by atoms with Crippen LogP contribution in [0.2, 0.25) is 0 Å². The molecule has 0 aromatic rings. The van der Waals surface area contributed by atoms with Gasteiger partial charge in [-0.05, 0) is 26.8 Å². The predicted molar refractivity (Wildman–Crippen MR) is 52.5 cm³/mol. The van der Waals surface area contributed by atoms with Crippen LogP contribution in [0.4, 0.5) is 0 Å². The van der Waals surface area contributed by atoms with Crippen molar-refractivity contribution in [3.05, 3.63) is 0 Å². The quantitative estimate of drug-likeness (QED) is 0.488. The van der Waals surface area contributed by atoms with Gasteiger partial charge in [0.1, 0.15) is 0 Å². The first-order valence-electron chi connectivity index (χ1n) is 4.82. The standard InChI is InChI=1S/C9H20N2O2/c1-3-11-9(13)5-7-10-6-4-8(2)12/h8,10,12H,3-7H2,1-2H3,(H,11,13). The van der Waals surface area contributed by atoms with Gasteiger partial charge in [-0.25, -0.2) is 0 Å². The molecule has 0 aliphatic rings. The molecule has 0 spiro atoms. The molecule has 0 aliphatic heterocycles. The van der Waals surface area contributed by atoms with Gasteiger partial charge >= 0.3 is 0 Å². The van der Waals surface area contributed by atoms with E-state index < -0.39 is 0 Å². The number of amides is 1. The molecule has 4 heteroatoms. The minimum absolute atomic E-state index is 0.0760. The van der Waals surface area contributed by atoms with E-state index in [1.807, 2.05) is 6.92 Å². The van der Waals surface area contributed by atoms with Crippen molar-refractivity contribution in [2.24, 2.45) is 0 Å². The Balaban J connectivity index is 3.11. The number of nitrogens with one attached hydrogen (secondary N) is 2. The minimum Gasteiger partial charge on any atom is -0.393 e. The highest BCUT2D eigenvalue weighted by Gasteiger charge is 1.98. The second kappa shape index (κ2) is 8.01. The molecule has 13 heavy (non-hydrogen) atoms. The number of aliphatic hydroxyl groups excluding tert-OH is 1. The van der Waals surface area contributed by atoms with Crippen molar-refractivity contribution in [3.63, 3.8) is 0 Å². The fourth-order valence-electron chi connectivity index (χ4n) is 0.923. The molecule has 1 amide bonds. The molecule has 0 heterocycles. The lowest BCUT2D eigenvalue weighted by molar-refractivity contribution is -0.120. The van der Waals surface area contributed by atoms with Crippen molar-refractivity contribution < 1.29 is 9.90 Å². The molecule has 0 aromatic heterocycles. The maximum absolute atomic E-state index is 10.9. The van der Waals surface area contributed by atoms with Crippen LogP contribution in [0.5, 0.6) is 0 Å². The summed E-state index contributed by atoms with van der Waals surface area (Å²) in [5.74, 6) is 0.0760. The van der Waals surface area contributed by atoms with Crippen LogP contribution in [0.3, 0.4) is 0 Å². The van der Waals surface area contributed by atoms with Crippen LogP contribution in [0, 0.1) is 0 Å². The highest BCUT2D eigenvalue weighted by atomic mass is 16.3. The van der Waals surface area contributed by atoms with Crippen LogP contribution < -0.4 is 10.6 Å². The third-order valence-electron chi connectivity index (χ3n) is 1.64. The van der Waals surface area contributed by atoms with Crippen LogP contribution in [-0.4, -0.2) is 36.8 Å². The number of aliphatic hydroxyl groups is 1. The van der Waals surface area contributed by atoms with E-state index in [-0.39, 0.29) is 12.0 Å². The van der Waals surface area contributed by atoms with Crippen molar-refractivity contribution in [1.29, 1.82) is 0 Å². The van der Waals surface area contributed by atoms with Crippen molar-refractivity contribution in [2.75, 3.05) is 19.6 Å². The SMILES string of the molecule is CCNC(=O)CCNCCC(C)O. The van der Waals surface area contributed by atoms with Crippen molar-refractivity contribution >= 4 is 5.91 Å². The first-order valence-corrected chi connectivity index (χ1v) is 4.82. The van der Waals surface area contributed by atoms with Crippen molar-refractivity contribution in [3.8, 4) is 0 Å². The number of carbonyl (C=O) groups is 1. The van der Waals surface area contributed by atoms with E-state index in [4.69, 9.17) is 5.11 Å². The fraction of sp³-hybridized carbons (Fsp3) is 0.889. The number of carbonyl (C=O) groups excluding carboxylic acids is 1. The third kappa shape index (κ3) is 9.30. The van der Waals surface area contributed by atoms with Gasteiger partial charge in [0.25, 0.3) is 0 Å². The van der Waals surface area contributed by atoms with Gasteiger partial charge in [0.15, 0.2) is 0 Å². The average molecular weight is 188 g/mol. The Kier molecular flexibility index (Phi) is 7.63. The lowest BCUT2D eigenvalue weighted by Gasteiger charge is -2.06. The zero-order valence-electron chi connectivity index (χ0n) is 8.47. The molecule has 0 radical (unpaired) electrons. The molecule has 1 unspecified atom stereocenters. The molecule has 3 N–H and O–H groups in total. The van der Waals surface area contributed by atoms with Crippen LogP contribution in [0.15, 0.2) is 0 Å². The monoisotopic (exact) mass is 188 g/mol. The molecular weight excluding hydrogens is 168 g/mol. The molecule has 0 bridgehead atoms. The highest BCUT2D eigenvalue weighted by Crippen LogP contribution is 1.86. The zero-order valence-corrected chi connectivity index (χ0v) is 8.47. The Morgan fingerprint density at radius 3 is 2.69 bits per heavy atom. The van der Waals surface area contributed by atoms with Gasteiger partial charge in [0, 0.05) is 19.5 Å². The Morgan fingerprint density at radius 2 is 2.15 bits per heavy atom. The largest absolute Gasteiger partial charge is 0.393 e. The van der Waals surface area contributed by atoms with Gasteiger partial charge in [-0.3, -0.25) is 4.79 Å². The Labute approximate surface area is 79.7 Å². The molecular formula is C9H20N2O2. The van der Waals surface area contributed by atoms with Crippen LogP contribution >= 0.6 is 0 Å². The second-order valence-electron chi connectivity index (χ2n) is 3.09. The molecule has 0 aliphatic carbocycles. The first kappa shape index (κ1) is 12.4. The summed E-state index contributed by atoms with van der Waals surface area (Å²) in [5.41, 5.74) is 0.